The van der Waals surface area contributed by atoms with Gasteiger partial charge in [0.15, 0.2) is 12.4 Å². The Labute approximate surface area is 212 Å². The Kier molecular flexibility index (Phi) is 14.4. The van der Waals surface area contributed by atoms with Crippen LogP contribution in [0.2, 0.25) is 0 Å². The molecule has 36 heavy (non-hydrogen) atoms. The molecule has 0 N–H and O–H groups in total. The lowest BCUT2D eigenvalue weighted by Gasteiger charge is -2.45. The van der Waals surface area contributed by atoms with Crippen molar-refractivity contribution in [3.63, 3.8) is 0 Å². The Morgan fingerprint density at radius 1 is 0.806 bits per heavy atom. The summed E-state index contributed by atoms with van der Waals surface area (Å²) in [7, 11) is -4.19. The molecule has 208 valence electrons. The molecule has 0 aromatic carbocycles. The van der Waals surface area contributed by atoms with Gasteiger partial charge < -0.3 is 23.7 Å². The molecule has 0 amide bonds. The van der Waals surface area contributed by atoms with Gasteiger partial charge in [0.05, 0.1) is 19.1 Å². The molecule has 0 aliphatic carbocycles. The summed E-state index contributed by atoms with van der Waals surface area (Å²) >= 11 is 0. The number of rotatable bonds is 16. The van der Waals surface area contributed by atoms with E-state index in [1.165, 1.54) is 13.8 Å². The summed E-state index contributed by atoms with van der Waals surface area (Å²) in [5, 5.41) is 0. The van der Waals surface area contributed by atoms with Crippen molar-refractivity contribution in [3.8, 4) is 0 Å². The number of phosphoric ester groups is 1. The highest BCUT2D eigenvalue weighted by Crippen LogP contribution is 2.53. The minimum absolute atomic E-state index is 0.0876. The van der Waals surface area contributed by atoms with Crippen molar-refractivity contribution in [1.82, 2.24) is 0 Å². The van der Waals surface area contributed by atoms with E-state index in [-0.39, 0.29) is 25.4 Å². The van der Waals surface area contributed by atoms with Crippen LogP contribution in [-0.4, -0.2) is 68.1 Å². The number of esters is 3. The summed E-state index contributed by atoms with van der Waals surface area (Å²) in [4.78, 5) is 47.4. The first-order valence-corrected chi connectivity index (χ1v) is 13.6. The smallest absolute Gasteiger partial charge is 0.463 e. The zero-order valence-corrected chi connectivity index (χ0v) is 22.8. The summed E-state index contributed by atoms with van der Waals surface area (Å²) in [5.41, 5.74) is 0. The minimum Gasteiger partial charge on any atom is -0.463 e. The number of hydrogen-bond donors (Lipinski definition) is 0. The quantitative estimate of drug-likeness (QED) is 0.122. The first-order valence-electron chi connectivity index (χ1n) is 12.1. The maximum Gasteiger partial charge on any atom is 0.477 e. The zero-order chi connectivity index (χ0) is 27.3. The van der Waals surface area contributed by atoms with Gasteiger partial charge in [0.1, 0.15) is 24.6 Å². The largest absolute Gasteiger partial charge is 0.477 e. The Hall–Kier alpha value is -1.85. The van der Waals surface area contributed by atoms with Crippen LogP contribution >= 0.6 is 7.82 Å². The molecule has 0 bridgehead atoms. The van der Waals surface area contributed by atoms with E-state index in [0.717, 1.165) is 26.7 Å². The summed E-state index contributed by atoms with van der Waals surface area (Å²) in [5.74, 6) is -3.43. The van der Waals surface area contributed by atoms with Gasteiger partial charge in [-0.15, -0.1) is 0 Å². The third-order valence-electron chi connectivity index (χ3n) is 5.08. The minimum atomic E-state index is -4.19. The highest BCUT2D eigenvalue weighted by molar-refractivity contribution is 7.48. The fraction of sp³-hybridized carbons (Fsp3) is 0.826. The van der Waals surface area contributed by atoms with Crippen LogP contribution in [-0.2, 0) is 56.3 Å². The summed E-state index contributed by atoms with van der Waals surface area (Å²) in [6, 6.07) is 0. The normalized spacial score (nSPS) is 24.1. The summed E-state index contributed by atoms with van der Waals surface area (Å²) in [6.45, 7) is 8.42. The van der Waals surface area contributed by atoms with Crippen molar-refractivity contribution in [3.05, 3.63) is 0 Å². The van der Waals surface area contributed by atoms with Crippen molar-refractivity contribution in [2.24, 2.45) is 5.92 Å². The lowest BCUT2D eigenvalue weighted by molar-refractivity contribution is -0.274. The molecule has 0 saturated carbocycles. The molecule has 1 fully saturated rings. The molecule has 5 atom stereocenters. The maximum atomic E-state index is 13.5. The number of phosphoric acid groups is 1. The monoisotopic (exact) mass is 538 g/mol. The average molecular weight is 539 g/mol. The van der Waals surface area contributed by atoms with Gasteiger partial charge in [-0.1, -0.05) is 26.7 Å². The summed E-state index contributed by atoms with van der Waals surface area (Å²) in [6.07, 6.45) is -2.61. The fourth-order valence-corrected chi connectivity index (χ4v) is 4.85. The maximum absolute atomic E-state index is 13.5. The first kappa shape index (κ1) is 32.2. The molecule has 1 aliphatic rings. The van der Waals surface area contributed by atoms with E-state index in [1.807, 2.05) is 13.8 Å². The van der Waals surface area contributed by atoms with Gasteiger partial charge in [-0.05, 0) is 19.8 Å². The fourth-order valence-electron chi connectivity index (χ4n) is 3.49. The van der Waals surface area contributed by atoms with Crippen LogP contribution in [0, 0.1) is 5.92 Å². The highest BCUT2D eigenvalue weighted by atomic mass is 31.2. The van der Waals surface area contributed by atoms with Gasteiger partial charge in [-0.3, -0.25) is 28.0 Å². The van der Waals surface area contributed by atoms with Crippen LogP contribution in [0.3, 0.4) is 0 Å². The van der Waals surface area contributed by atoms with Gasteiger partial charge >= 0.3 is 25.7 Å². The molecule has 0 spiro atoms. The van der Waals surface area contributed by atoms with Gasteiger partial charge in [0.25, 0.3) is 0 Å². The molecule has 0 aromatic heterocycles. The van der Waals surface area contributed by atoms with E-state index >= 15 is 0 Å². The lowest BCUT2D eigenvalue weighted by Crippen LogP contribution is -2.59. The van der Waals surface area contributed by atoms with E-state index in [0.29, 0.717) is 12.8 Å². The van der Waals surface area contributed by atoms with Crippen molar-refractivity contribution >= 4 is 31.5 Å². The van der Waals surface area contributed by atoms with Crippen LogP contribution in [0.15, 0.2) is 0 Å². The van der Waals surface area contributed by atoms with Crippen molar-refractivity contribution in [1.29, 1.82) is 0 Å². The number of carbonyl (C=O) groups excluding carboxylic acids is 4. The van der Waals surface area contributed by atoms with Crippen LogP contribution in [0.25, 0.3) is 0 Å². The standard InChI is InChI=1S/C23H39O12P/c1-7-9-11-30-36(28,31-12-10-8-2)35-23-19(13-15(3)24)21(32-17(5)26)22(33-18(6)27)20(34-23)14-29-16(4)25/h19-23H,7-14H2,1-6H3. The van der Waals surface area contributed by atoms with Gasteiger partial charge in [0, 0.05) is 27.2 Å². The number of carbonyl (C=O) groups is 4. The number of ketones is 1. The SMILES string of the molecule is CCCCOP(=O)(OCCCC)OC1OC(COC(C)=O)C(OC(C)=O)C(OC(C)=O)C1CC(C)=O. The molecule has 0 aromatic rings. The number of unbranched alkanes of at least 4 members (excludes halogenated alkanes) is 2. The van der Waals surface area contributed by atoms with Gasteiger partial charge in [-0.25, -0.2) is 4.57 Å². The Morgan fingerprint density at radius 3 is 1.78 bits per heavy atom. The van der Waals surface area contributed by atoms with Crippen LogP contribution in [0.4, 0.5) is 0 Å². The van der Waals surface area contributed by atoms with Crippen molar-refractivity contribution in [2.75, 3.05) is 19.8 Å². The molecular formula is C23H39O12P. The second-order valence-electron chi connectivity index (χ2n) is 8.49. The van der Waals surface area contributed by atoms with Crippen molar-refractivity contribution in [2.45, 2.75) is 98.2 Å². The predicted octanol–water partition coefficient (Wildman–Crippen LogP) is 3.49. The van der Waals surface area contributed by atoms with Crippen LogP contribution < -0.4 is 0 Å². The molecule has 0 radical (unpaired) electrons. The highest BCUT2D eigenvalue weighted by Gasteiger charge is 2.53. The van der Waals surface area contributed by atoms with E-state index in [1.54, 1.807) is 0 Å². The van der Waals surface area contributed by atoms with Crippen molar-refractivity contribution < 1.29 is 56.3 Å². The third-order valence-corrected chi connectivity index (χ3v) is 6.54. The Balaban J connectivity index is 3.42. The second kappa shape index (κ2) is 16.1. The molecule has 13 heteroatoms. The first-order chi connectivity index (χ1) is 16.9. The van der Waals surface area contributed by atoms with E-state index in [9.17, 15) is 23.7 Å². The molecule has 1 rings (SSSR count). The Morgan fingerprint density at radius 2 is 1.33 bits per heavy atom. The van der Waals surface area contributed by atoms with E-state index in [2.05, 4.69) is 0 Å². The van der Waals surface area contributed by atoms with E-state index in [4.69, 9.17) is 32.5 Å². The number of Topliss-reactive ketones (excluding diaryl/α,β-unsaturated/α-hetero) is 1. The lowest BCUT2D eigenvalue weighted by atomic mass is 9.87. The van der Waals surface area contributed by atoms with Gasteiger partial charge in [-0.2, -0.15) is 0 Å². The second-order valence-corrected chi connectivity index (χ2v) is 10.1. The van der Waals surface area contributed by atoms with Crippen LogP contribution in [0.1, 0.15) is 73.6 Å². The summed E-state index contributed by atoms with van der Waals surface area (Å²) < 4.78 is 52.0. The number of ether oxygens (including phenoxy) is 4. The molecule has 5 unspecified atom stereocenters. The molecule has 1 saturated heterocycles. The van der Waals surface area contributed by atoms with E-state index < -0.39 is 62.9 Å². The molecular weight excluding hydrogens is 499 g/mol. The number of hydrogen-bond acceptors (Lipinski definition) is 12. The molecule has 1 heterocycles. The predicted molar refractivity (Wildman–Crippen MR) is 126 cm³/mol. The average Bonchev–Trinajstić information content (AvgIpc) is 2.76. The van der Waals surface area contributed by atoms with Gasteiger partial charge in [0.2, 0.25) is 0 Å². The zero-order valence-electron chi connectivity index (χ0n) is 21.9. The molecule has 12 nitrogen and oxygen atoms in total. The topological polar surface area (TPSA) is 150 Å². The Bertz CT molecular complexity index is 771. The molecule has 1 aliphatic heterocycles. The third kappa shape index (κ3) is 11.5. The van der Waals surface area contributed by atoms with Crippen LogP contribution in [0.5, 0.6) is 0 Å².